The molecular weight excluding hydrogens is 450 g/mol. The van der Waals surface area contributed by atoms with E-state index in [2.05, 4.69) is 5.32 Å². The number of phenols is 1. The lowest BCUT2D eigenvalue weighted by atomic mass is 9.69. The van der Waals surface area contributed by atoms with Crippen LogP contribution in [0.3, 0.4) is 0 Å². The van der Waals surface area contributed by atoms with Crippen LogP contribution in [-0.4, -0.2) is 43.2 Å². The van der Waals surface area contributed by atoms with Gasteiger partial charge in [-0.1, -0.05) is 19.4 Å². The van der Waals surface area contributed by atoms with Crippen molar-refractivity contribution in [2.24, 2.45) is 11.8 Å². The lowest BCUT2D eigenvalue weighted by Gasteiger charge is -2.38. The Morgan fingerprint density at radius 1 is 1.11 bits per heavy atom. The normalized spacial score (nSPS) is 25.0. The molecule has 3 aliphatic rings. The molecule has 0 amide bonds. The van der Waals surface area contributed by atoms with Gasteiger partial charge in [0, 0.05) is 22.9 Å². The summed E-state index contributed by atoms with van der Waals surface area (Å²) < 4.78 is 16.0. The van der Waals surface area contributed by atoms with Crippen molar-refractivity contribution in [2.45, 2.75) is 64.4 Å². The fourth-order valence-electron chi connectivity index (χ4n) is 5.57. The van der Waals surface area contributed by atoms with E-state index in [0.717, 1.165) is 32.1 Å². The number of ether oxygens (including phenoxy) is 3. The highest BCUT2D eigenvalue weighted by Crippen LogP contribution is 2.47. The molecule has 0 radical (unpaired) electrons. The largest absolute Gasteiger partial charge is 0.504 e. The van der Waals surface area contributed by atoms with E-state index >= 15 is 0 Å². The summed E-state index contributed by atoms with van der Waals surface area (Å²) in [6, 6.07) is 4.82. The zero-order chi connectivity index (χ0) is 25.3. The van der Waals surface area contributed by atoms with Crippen molar-refractivity contribution in [1.82, 2.24) is 5.32 Å². The topological polar surface area (TPSA) is 111 Å². The van der Waals surface area contributed by atoms with Crippen LogP contribution in [0, 0.1) is 11.8 Å². The van der Waals surface area contributed by atoms with Crippen LogP contribution in [0.15, 0.2) is 40.7 Å². The predicted molar refractivity (Wildman–Crippen MR) is 128 cm³/mol. The quantitative estimate of drug-likeness (QED) is 0.479. The third kappa shape index (κ3) is 4.66. The molecule has 0 bridgehead atoms. The lowest BCUT2D eigenvalue weighted by Crippen LogP contribution is -2.43. The Bertz CT molecular complexity index is 1100. The minimum absolute atomic E-state index is 0.107. The van der Waals surface area contributed by atoms with Crippen molar-refractivity contribution in [3.63, 3.8) is 0 Å². The summed E-state index contributed by atoms with van der Waals surface area (Å²) in [7, 11) is 2.71. The van der Waals surface area contributed by atoms with E-state index in [0.29, 0.717) is 34.5 Å². The third-order valence-corrected chi connectivity index (χ3v) is 7.33. The minimum Gasteiger partial charge on any atom is -0.504 e. The fourth-order valence-corrected chi connectivity index (χ4v) is 5.57. The Labute approximate surface area is 205 Å². The standard InChI is InChI=1S/C27H33NO7/c1-14-12-18-24(25(30)21(14)26(31)34-4)23(16-10-11-20(33-3)19(29)13-16)22(15(2)28-18)27(32)35-17-8-6-5-7-9-17/h10-11,13-14,17,21,23,28-29H,5-9,12H2,1-4H3/t14-,21-,23-/m1/s1. The summed E-state index contributed by atoms with van der Waals surface area (Å²) in [5.74, 6) is -3.33. The summed E-state index contributed by atoms with van der Waals surface area (Å²) in [5.41, 5.74) is 2.46. The van der Waals surface area contributed by atoms with Crippen molar-refractivity contribution in [1.29, 1.82) is 0 Å². The third-order valence-electron chi connectivity index (χ3n) is 7.33. The number of allylic oxidation sites excluding steroid dienone is 3. The van der Waals surface area contributed by atoms with Gasteiger partial charge in [0.05, 0.1) is 19.8 Å². The number of Topliss-reactive ketones (excluding diaryl/α,β-unsaturated/α-hetero) is 1. The summed E-state index contributed by atoms with van der Waals surface area (Å²) in [6.45, 7) is 3.63. The van der Waals surface area contributed by atoms with Crippen molar-refractivity contribution < 1.29 is 33.7 Å². The molecule has 0 unspecified atom stereocenters. The smallest absolute Gasteiger partial charge is 0.337 e. The molecule has 0 saturated heterocycles. The first-order chi connectivity index (χ1) is 16.8. The van der Waals surface area contributed by atoms with Gasteiger partial charge in [-0.2, -0.15) is 0 Å². The van der Waals surface area contributed by atoms with Crippen molar-refractivity contribution in [2.75, 3.05) is 14.2 Å². The van der Waals surface area contributed by atoms with Crippen LogP contribution in [0.25, 0.3) is 0 Å². The highest BCUT2D eigenvalue weighted by molar-refractivity contribution is 6.12. The Balaban J connectivity index is 1.81. The fraction of sp³-hybridized carbons (Fsp3) is 0.519. The van der Waals surface area contributed by atoms with E-state index in [-0.39, 0.29) is 29.3 Å². The van der Waals surface area contributed by atoms with Gasteiger partial charge in [-0.05, 0) is 62.6 Å². The van der Waals surface area contributed by atoms with Gasteiger partial charge >= 0.3 is 11.9 Å². The number of carbonyl (C=O) groups is 3. The molecule has 3 atom stereocenters. The van der Waals surface area contributed by atoms with Crippen LogP contribution in [-0.2, 0) is 23.9 Å². The van der Waals surface area contributed by atoms with E-state index in [1.165, 1.54) is 20.3 Å². The van der Waals surface area contributed by atoms with Gasteiger partial charge in [0.2, 0.25) is 0 Å². The van der Waals surface area contributed by atoms with Crippen LogP contribution in [0.1, 0.15) is 63.9 Å². The molecule has 1 heterocycles. The first kappa shape index (κ1) is 24.8. The predicted octanol–water partition coefficient (Wildman–Crippen LogP) is 3.89. The van der Waals surface area contributed by atoms with Crippen LogP contribution < -0.4 is 10.1 Å². The van der Waals surface area contributed by atoms with E-state index < -0.39 is 23.8 Å². The lowest BCUT2D eigenvalue weighted by molar-refractivity contribution is -0.151. The zero-order valence-electron chi connectivity index (χ0n) is 20.7. The van der Waals surface area contributed by atoms with Crippen molar-refractivity contribution >= 4 is 17.7 Å². The molecule has 0 spiro atoms. The van der Waals surface area contributed by atoms with Gasteiger partial charge in [-0.25, -0.2) is 4.79 Å². The van der Waals surface area contributed by atoms with Crippen LogP contribution >= 0.6 is 0 Å². The summed E-state index contributed by atoms with van der Waals surface area (Å²) in [4.78, 5) is 39.9. The number of esters is 2. The molecule has 35 heavy (non-hydrogen) atoms. The van der Waals surface area contributed by atoms with Crippen molar-refractivity contribution in [3.8, 4) is 11.5 Å². The van der Waals surface area contributed by atoms with Crippen LogP contribution in [0.4, 0.5) is 0 Å². The second kappa shape index (κ2) is 10.1. The SMILES string of the molecule is COC(=O)[C@H]1C(=O)C2=C(C[C@H]1C)NC(C)=C(C(=O)OC1CCCCC1)[C@H]2c1ccc(OC)c(O)c1. The molecule has 0 aromatic heterocycles. The first-order valence-corrected chi connectivity index (χ1v) is 12.2. The van der Waals surface area contributed by atoms with Gasteiger partial charge in [0.15, 0.2) is 17.3 Å². The number of benzene rings is 1. The van der Waals surface area contributed by atoms with E-state index in [4.69, 9.17) is 14.2 Å². The average Bonchev–Trinajstić information content (AvgIpc) is 2.83. The highest BCUT2D eigenvalue weighted by atomic mass is 16.5. The number of carbonyl (C=O) groups excluding carboxylic acids is 3. The van der Waals surface area contributed by atoms with Gasteiger partial charge < -0.3 is 24.6 Å². The van der Waals surface area contributed by atoms with Gasteiger partial charge in [-0.15, -0.1) is 0 Å². The molecule has 1 saturated carbocycles. The number of hydrogen-bond donors (Lipinski definition) is 2. The maximum Gasteiger partial charge on any atom is 0.337 e. The first-order valence-electron chi connectivity index (χ1n) is 12.2. The molecule has 8 nitrogen and oxygen atoms in total. The molecule has 2 aliphatic carbocycles. The molecule has 4 rings (SSSR count). The van der Waals surface area contributed by atoms with Gasteiger partial charge in [-0.3, -0.25) is 9.59 Å². The molecule has 8 heteroatoms. The minimum atomic E-state index is -0.969. The number of ketones is 1. The second-order valence-electron chi connectivity index (χ2n) is 9.63. The molecule has 1 aromatic rings. The van der Waals surface area contributed by atoms with Gasteiger partial charge in [0.1, 0.15) is 12.0 Å². The Morgan fingerprint density at radius 3 is 2.46 bits per heavy atom. The highest BCUT2D eigenvalue weighted by Gasteiger charge is 2.47. The Hall–Kier alpha value is -3.29. The van der Waals surface area contributed by atoms with E-state index in [1.54, 1.807) is 19.1 Å². The zero-order valence-corrected chi connectivity index (χ0v) is 20.7. The van der Waals surface area contributed by atoms with Gasteiger partial charge in [0.25, 0.3) is 0 Å². The van der Waals surface area contributed by atoms with Crippen LogP contribution in [0.5, 0.6) is 11.5 Å². The molecule has 1 aliphatic heterocycles. The average molecular weight is 484 g/mol. The molecule has 188 valence electrons. The summed E-state index contributed by atoms with van der Waals surface area (Å²) in [6.07, 6.45) is 5.06. The number of aromatic hydroxyl groups is 1. The number of phenolic OH excluding ortho intramolecular Hbond substituents is 1. The van der Waals surface area contributed by atoms with Crippen LogP contribution in [0.2, 0.25) is 0 Å². The number of rotatable bonds is 5. The van der Waals surface area contributed by atoms with E-state index in [1.807, 2.05) is 6.92 Å². The number of dihydropyridines is 1. The summed E-state index contributed by atoms with van der Waals surface area (Å²) >= 11 is 0. The molecule has 1 fully saturated rings. The maximum atomic E-state index is 13.8. The molecule has 2 N–H and O–H groups in total. The Morgan fingerprint density at radius 2 is 1.83 bits per heavy atom. The molecule has 1 aromatic carbocycles. The maximum absolute atomic E-state index is 13.8. The number of nitrogens with one attached hydrogen (secondary N) is 1. The number of methoxy groups -OCH3 is 2. The Kier molecular flexibility index (Phi) is 7.19. The monoisotopic (exact) mass is 483 g/mol. The molecular formula is C27H33NO7. The number of hydrogen-bond acceptors (Lipinski definition) is 8. The van der Waals surface area contributed by atoms with E-state index in [9.17, 15) is 19.5 Å². The second-order valence-corrected chi connectivity index (χ2v) is 9.63. The summed E-state index contributed by atoms with van der Waals surface area (Å²) in [5, 5.41) is 13.8. The van der Waals surface area contributed by atoms with Crippen molar-refractivity contribution in [3.05, 3.63) is 46.3 Å².